The van der Waals surface area contributed by atoms with Crippen LogP contribution in [0.5, 0.6) is 0 Å². The third-order valence-corrected chi connectivity index (χ3v) is 2.40. The van der Waals surface area contributed by atoms with Crippen LogP contribution in [-0.2, 0) is 14.3 Å². The van der Waals surface area contributed by atoms with Crippen molar-refractivity contribution in [1.29, 1.82) is 0 Å². The minimum absolute atomic E-state index is 0.197. The molecule has 1 aromatic carbocycles. The second kappa shape index (κ2) is 8.31. The molecule has 0 aromatic heterocycles. The predicted molar refractivity (Wildman–Crippen MR) is 77.2 cm³/mol. The molecule has 0 radical (unpaired) electrons. The highest BCUT2D eigenvalue weighted by molar-refractivity contribution is 6.05. The van der Waals surface area contributed by atoms with Crippen molar-refractivity contribution < 1.29 is 19.1 Å². The first-order chi connectivity index (χ1) is 10.1. The molecule has 0 spiro atoms. The summed E-state index contributed by atoms with van der Waals surface area (Å²) in [6, 6.07) is 8.32. The maximum atomic E-state index is 12.0. The van der Waals surface area contributed by atoms with E-state index in [4.69, 9.17) is 0 Å². The molecular formula is C15H16N2O4. The van der Waals surface area contributed by atoms with Crippen LogP contribution in [0.3, 0.4) is 0 Å². The summed E-state index contributed by atoms with van der Waals surface area (Å²) in [5, 5.41) is 4.85. The Bertz CT molecular complexity index is 564. The highest BCUT2D eigenvalue weighted by atomic mass is 16.5. The summed E-state index contributed by atoms with van der Waals surface area (Å²) in [5.41, 5.74) is 0.169. The summed E-state index contributed by atoms with van der Waals surface area (Å²) in [5.74, 6) is -1.85. The van der Waals surface area contributed by atoms with Gasteiger partial charge in [0.15, 0.2) is 0 Å². The fourth-order valence-corrected chi connectivity index (χ4v) is 1.38. The first-order valence-corrected chi connectivity index (χ1v) is 6.13. The summed E-state index contributed by atoms with van der Waals surface area (Å²) in [7, 11) is 1.18. The molecule has 0 saturated heterocycles. The minimum Gasteiger partial charge on any atom is -0.466 e. The van der Waals surface area contributed by atoms with Crippen molar-refractivity contribution in [2.45, 2.75) is 0 Å². The van der Waals surface area contributed by atoms with E-state index in [-0.39, 0.29) is 12.2 Å². The highest BCUT2D eigenvalue weighted by Crippen LogP contribution is 2.01. The first-order valence-electron chi connectivity index (χ1n) is 6.13. The monoisotopic (exact) mass is 288 g/mol. The van der Waals surface area contributed by atoms with Gasteiger partial charge in [0.05, 0.1) is 13.2 Å². The molecule has 0 fully saturated rings. The number of esters is 1. The lowest BCUT2D eigenvalue weighted by molar-refractivity contribution is -0.135. The average Bonchev–Trinajstić information content (AvgIpc) is 2.52. The van der Waals surface area contributed by atoms with Crippen LogP contribution in [0.1, 0.15) is 10.4 Å². The van der Waals surface area contributed by atoms with Crippen molar-refractivity contribution in [3.05, 3.63) is 60.3 Å². The Balaban J connectivity index is 2.89. The molecule has 0 bridgehead atoms. The maximum absolute atomic E-state index is 12.0. The Labute approximate surface area is 122 Å². The molecule has 2 amide bonds. The van der Waals surface area contributed by atoms with Gasteiger partial charge in [0, 0.05) is 12.1 Å². The number of ether oxygens (including phenoxy) is 1. The first kappa shape index (κ1) is 16.2. The van der Waals surface area contributed by atoms with E-state index in [1.165, 1.54) is 13.2 Å². The Morgan fingerprint density at radius 3 is 2.48 bits per heavy atom. The molecule has 6 nitrogen and oxygen atoms in total. The molecule has 0 atom stereocenters. The topological polar surface area (TPSA) is 84.5 Å². The number of hydrogen-bond donors (Lipinski definition) is 2. The van der Waals surface area contributed by atoms with Crippen molar-refractivity contribution in [3.63, 3.8) is 0 Å². The third-order valence-electron chi connectivity index (χ3n) is 2.40. The molecule has 110 valence electrons. The number of carbonyl (C=O) groups is 3. The summed E-state index contributed by atoms with van der Waals surface area (Å²) in [6.45, 7) is 3.67. The number of nitrogens with one attached hydrogen (secondary N) is 2. The largest absolute Gasteiger partial charge is 0.466 e. The molecule has 0 aliphatic heterocycles. The molecule has 0 aliphatic carbocycles. The van der Waals surface area contributed by atoms with Gasteiger partial charge in [-0.1, -0.05) is 24.3 Å². The number of benzene rings is 1. The van der Waals surface area contributed by atoms with E-state index in [1.54, 1.807) is 30.3 Å². The van der Waals surface area contributed by atoms with Crippen molar-refractivity contribution in [2.24, 2.45) is 0 Å². The van der Waals surface area contributed by atoms with Crippen LogP contribution >= 0.6 is 0 Å². The molecule has 0 unspecified atom stereocenters. The standard InChI is InChI=1S/C15H16N2O4/c1-3-9-16-15(20)12(10-13(18)21-2)17-14(19)11-7-5-4-6-8-11/h3-8,10H,1,9H2,2H3,(H,16,20)(H,17,19)/b12-10+. The van der Waals surface area contributed by atoms with Crippen molar-refractivity contribution >= 4 is 17.8 Å². The van der Waals surface area contributed by atoms with E-state index in [0.717, 1.165) is 6.08 Å². The molecule has 1 aromatic rings. The van der Waals surface area contributed by atoms with E-state index in [2.05, 4.69) is 21.9 Å². The number of amides is 2. The Morgan fingerprint density at radius 1 is 1.24 bits per heavy atom. The van der Waals surface area contributed by atoms with Gasteiger partial charge in [-0.25, -0.2) is 4.79 Å². The lowest BCUT2D eigenvalue weighted by atomic mass is 10.2. The van der Waals surface area contributed by atoms with Crippen molar-refractivity contribution in [3.8, 4) is 0 Å². The minimum atomic E-state index is -0.743. The normalized spacial score (nSPS) is 10.4. The molecule has 1 rings (SSSR count). The summed E-state index contributed by atoms with van der Waals surface area (Å²) in [6.07, 6.45) is 2.39. The van der Waals surface area contributed by atoms with Crippen LogP contribution in [0.2, 0.25) is 0 Å². The van der Waals surface area contributed by atoms with Crippen LogP contribution in [0, 0.1) is 0 Å². The summed E-state index contributed by atoms with van der Waals surface area (Å²) >= 11 is 0. The second-order valence-electron chi connectivity index (χ2n) is 3.90. The van der Waals surface area contributed by atoms with Gasteiger partial charge in [0.25, 0.3) is 11.8 Å². The molecule has 6 heteroatoms. The molecular weight excluding hydrogens is 272 g/mol. The van der Waals surface area contributed by atoms with Gasteiger partial charge in [-0.05, 0) is 12.1 Å². The average molecular weight is 288 g/mol. The quantitative estimate of drug-likeness (QED) is 0.460. The smallest absolute Gasteiger partial charge is 0.332 e. The van der Waals surface area contributed by atoms with E-state index < -0.39 is 17.8 Å². The molecule has 0 saturated carbocycles. The van der Waals surface area contributed by atoms with Gasteiger partial charge in [0.2, 0.25) is 0 Å². The van der Waals surface area contributed by atoms with Crippen LogP contribution < -0.4 is 10.6 Å². The Morgan fingerprint density at radius 2 is 1.90 bits per heavy atom. The fraction of sp³-hybridized carbons (Fsp3) is 0.133. The van der Waals surface area contributed by atoms with E-state index >= 15 is 0 Å². The van der Waals surface area contributed by atoms with Crippen LogP contribution in [0.25, 0.3) is 0 Å². The third kappa shape index (κ3) is 5.32. The molecule has 2 N–H and O–H groups in total. The maximum Gasteiger partial charge on any atom is 0.332 e. The van der Waals surface area contributed by atoms with Crippen LogP contribution in [0.15, 0.2) is 54.8 Å². The number of hydrogen-bond acceptors (Lipinski definition) is 4. The van der Waals surface area contributed by atoms with Crippen molar-refractivity contribution in [1.82, 2.24) is 10.6 Å². The summed E-state index contributed by atoms with van der Waals surface area (Å²) < 4.78 is 4.46. The van der Waals surface area contributed by atoms with Gasteiger partial charge in [-0.15, -0.1) is 6.58 Å². The van der Waals surface area contributed by atoms with Gasteiger partial charge in [0.1, 0.15) is 5.70 Å². The zero-order chi connectivity index (χ0) is 15.7. The molecule has 0 heterocycles. The van der Waals surface area contributed by atoms with E-state index in [1.807, 2.05) is 0 Å². The fourth-order valence-electron chi connectivity index (χ4n) is 1.38. The van der Waals surface area contributed by atoms with Gasteiger partial charge in [-0.2, -0.15) is 0 Å². The zero-order valence-corrected chi connectivity index (χ0v) is 11.6. The van der Waals surface area contributed by atoms with Gasteiger partial charge >= 0.3 is 5.97 Å². The lowest BCUT2D eigenvalue weighted by Crippen LogP contribution is -2.35. The molecule has 0 aliphatic rings. The zero-order valence-electron chi connectivity index (χ0n) is 11.6. The SMILES string of the molecule is C=CCNC(=O)/C(=C\C(=O)OC)NC(=O)c1ccccc1. The number of carbonyl (C=O) groups excluding carboxylic acids is 3. The molecule has 21 heavy (non-hydrogen) atoms. The van der Waals surface area contributed by atoms with E-state index in [9.17, 15) is 14.4 Å². The summed E-state index contributed by atoms with van der Waals surface area (Å²) in [4.78, 5) is 35.1. The predicted octanol–water partition coefficient (Wildman–Crippen LogP) is 0.775. The van der Waals surface area contributed by atoms with Gasteiger partial charge in [-0.3, -0.25) is 9.59 Å². The number of methoxy groups -OCH3 is 1. The van der Waals surface area contributed by atoms with Crippen molar-refractivity contribution in [2.75, 3.05) is 13.7 Å². The van der Waals surface area contributed by atoms with Crippen LogP contribution in [-0.4, -0.2) is 31.4 Å². The second-order valence-corrected chi connectivity index (χ2v) is 3.90. The van der Waals surface area contributed by atoms with E-state index in [0.29, 0.717) is 5.56 Å². The lowest BCUT2D eigenvalue weighted by Gasteiger charge is -2.09. The number of rotatable bonds is 6. The Hall–Kier alpha value is -2.89. The van der Waals surface area contributed by atoms with Gasteiger partial charge < -0.3 is 15.4 Å². The van der Waals surface area contributed by atoms with Crippen LogP contribution in [0.4, 0.5) is 0 Å². The Kier molecular flexibility index (Phi) is 6.40. The highest BCUT2D eigenvalue weighted by Gasteiger charge is 2.15.